The summed E-state index contributed by atoms with van der Waals surface area (Å²) in [6, 6.07) is 28.8. The van der Waals surface area contributed by atoms with E-state index in [4.69, 9.17) is 9.47 Å². The quantitative estimate of drug-likeness (QED) is 0.159. The summed E-state index contributed by atoms with van der Waals surface area (Å²) in [5.41, 5.74) is 2.49. The number of nitrogens with one attached hydrogen (secondary N) is 2. The van der Waals surface area contributed by atoms with Gasteiger partial charge in [-0.05, 0) is 40.8 Å². The summed E-state index contributed by atoms with van der Waals surface area (Å²) in [6.07, 6.45) is -7.74. The molecule has 0 spiro atoms. The second-order valence-electron chi connectivity index (χ2n) is 10.5. The van der Waals surface area contributed by atoms with Crippen LogP contribution in [0.2, 0.25) is 0 Å². The molecule has 0 unspecified atom stereocenters. The minimum Gasteiger partial charge on any atom is -0.459 e. The van der Waals surface area contributed by atoms with Crippen molar-refractivity contribution in [3.05, 3.63) is 138 Å². The van der Waals surface area contributed by atoms with Gasteiger partial charge in [-0.1, -0.05) is 103 Å². The fourth-order valence-electron chi connectivity index (χ4n) is 4.55. The Morgan fingerprint density at radius 3 is 1.66 bits per heavy atom. The number of carbonyl (C=O) groups is 3. The number of alkyl carbamates (subject to hydrolysis) is 1. The van der Waals surface area contributed by atoms with Gasteiger partial charge >= 0.3 is 18.4 Å². The highest BCUT2D eigenvalue weighted by Gasteiger charge is 2.33. The van der Waals surface area contributed by atoms with E-state index in [2.05, 4.69) is 15.4 Å². The van der Waals surface area contributed by atoms with Gasteiger partial charge < -0.3 is 30.0 Å². The van der Waals surface area contributed by atoms with Gasteiger partial charge in [-0.3, -0.25) is 4.79 Å². The molecule has 2 amide bonds. The Bertz CT molecular complexity index is 1570. The van der Waals surface area contributed by atoms with Crippen LogP contribution in [0.4, 0.5) is 18.0 Å². The van der Waals surface area contributed by atoms with Gasteiger partial charge in [-0.2, -0.15) is 0 Å². The van der Waals surface area contributed by atoms with Gasteiger partial charge in [0.1, 0.15) is 25.0 Å². The predicted molar refractivity (Wildman–Crippen MR) is 165 cm³/mol. The zero-order valence-corrected chi connectivity index (χ0v) is 25.1. The van der Waals surface area contributed by atoms with E-state index in [1.54, 1.807) is 84.9 Å². The Morgan fingerprint density at radius 2 is 1.13 bits per heavy atom. The average molecular weight is 651 g/mol. The van der Waals surface area contributed by atoms with Gasteiger partial charge in [0.2, 0.25) is 0 Å². The van der Waals surface area contributed by atoms with Crippen LogP contribution in [-0.4, -0.2) is 47.6 Å². The first-order valence-electron chi connectivity index (χ1n) is 14.6. The largest absolute Gasteiger partial charge is 0.573 e. The summed E-state index contributed by atoms with van der Waals surface area (Å²) in [6.45, 7) is -0.159. The molecular weight excluding hydrogens is 617 g/mol. The van der Waals surface area contributed by atoms with E-state index in [1.807, 2.05) is 6.07 Å². The van der Waals surface area contributed by atoms with Gasteiger partial charge in [0, 0.05) is 6.42 Å². The Balaban J connectivity index is 1.48. The highest BCUT2D eigenvalue weighted by atomic mass is 19.4. The molecule has 0 aliphatic carbocycles. The first kappa shape index (κ1) is 34.5. The van der Waals surface area contributed by atoms with E-state index in [-0.39, 0.29) is 26.1 Å². The molecule has 47 heavy (non-hydrogen) atoms. The molecule has 9 nitrogen and oxygen atoms in total. The van der Waals surface area contributed by atoms with Crippen LogP contribution in [0.1, 0.15) is 22.3 Å². The molecule has 0 aliphatic rings. The summed E-state index contributed by atoms with van der Waals surface area (Å²) in [4.78, 5) is 39.3. The Morgan fingerprint density at radius 1 is 0.638 bits per heavy atom. The topological polar surface area (TPSA) is 123 Å². The predicted octanol–water partition coefficient (Wildman–Crippen LogP) is 5.25. The van der Waals surface area contributed by atoms with Crippen LogP contribution < -0.4 is 15.4 Å². The maximum atomic E-state index is 13.4. The molecule has 3 N–H and O–H groups in total. The molecule has 246 valence electrons. The SMILES string of the molecule is O=C(N[C@H](Cc1ccccc1)[C@H](O)C(=O)N[C@@H](Cc1ccc(OC(F)(F)F)cc1)C(=O)OCc1ccccc1)OCc1ccccc1. The molecule has 0 fully saturated rings. The molecule has 0 saturated carbocycles. The first-order valence-corrected chi connectivity index (χ1v) is 14.6. The van der Waals surface area contributed by atoms with Gasteiger partial charge in [0.15, 0.2) is 6.10 Å². The van der Waals surface area contributed by atoms with Crippen molar-refractivity contribution in [2.24, 2.45) is 0 Å². The van der Waals surface area contributed by atoms with Crippen molar-refractivity contribution < 1.29 is 46.9 Å². The summed E-state index contributed by atoms with van der Waals surface area (Å²) in [5.74, 6) is -2.30. The molecule has 0 aromatic heterocycles. The monoisotopic (exact) mass is 650 g/mol. The number of carbonyl (C=O) groups excluding carboxylic acids is 3. The van der Waals surface area contributed by atoms with Crippen molar-refractivity contribution in [2.75, 3.05) is 0 Å². The minimum atomic E-state index is -4.88. The normalized spacial score (nSPS) is 13.0. The molecule has 0 heterocycles. The summed E-state index contributed by atoms with van der Waals surface area (Å²) in [7, 11) is 0. The molecule has 4 rings (SSSR count). The van der Waals surface area contributed by atoms with Crippen LogP contribution in [0, 0.1) is 0 Å². The van der Waals surface area contributed by atoms with Crippen molar-refractivity contribution in [3.8, 4) is 5.75 Å². The van der Waals surface area contributed by atoms with Crippen molar-refractivity contribution in [2.45, 2.75) is 50.6 Å². The standard InChI is InChI=1S/C35H33F3N2O7/c36-35(37,38)47-28-18-16-25(17-19-28)21-30(33(43)45-22-26-12-6-2-7-13-26)39-32(42)31(41)29(20-24-10-4-1-5-11-24)40-34(44)46-23-27-14-8-3-9-15-27/h1-19,29-31,41H,20-23H2,(H,39,42)(H,40,44)/t29-,30+,31+/m1/s1. The average Bonchev–Trinajstić information content (AvgIpc) is 3.07. The third-order valence-electron chi connectivity index (χ3n) is 6.89. The van der Waals surface area contributed by atoms with E-state index in [0.29, 0.717) is 16.7 Å². The molecule has 12 heteroatoms. The second kappa shape index (κ2) is 16.8. The number of rotatable bonds is 14. The zero-order valence-electron chi connectivity index (χ0n) is 25.1. The van der Waals surface area contributed by atoms with Crippen molar-refractivity contribution in [1.82, 2.24) is 10.6 Å². The molecule has 0 saturated heterocycles. The number of alkyl halides is 3. The number of hydrogen-bond acceptors (Lipinski definition) is 7. The smallest absolute Gasteiger partial charge is 0.459 e. The molecule has 3 atom stereocenters. The molecular formula is C35H33F3N2O7. The van der Waals surface area contributed by atoms with Gasteiger partial charge in [-0.25, -0.2) is 9.59 Å². The van der Waals surface area contributed by atoms with Crippen LogP contribution in [0.25, 0.3) is 0 Å². The molecule has 0 bridgehead atoms. The van der Waals surface area contributed by atoms with Gasteiger partial charge in [0.05, 0.1) is 6.04 Å². The third-order valence-corrected chi connectivity index (χ3v) is 6.89. The van der Waals surface area contributed by atoms with Crippen LogP contribution in [0.3, 0.4) is 0 Å². The highest BCUT2D eigenvalue weighted by Crippen LogP contribution is 2.23. The van der Waals surface area contributed by atoms with Gasteiger partial charge in [-0.15, -0.1) is 13.2 Å². The summed E-state index contributed by atoms with van der Waals surface area (Å²) in [5, 5.41) is 16.2. The van der Waals surface area contributed by atoms with E-state index in [9.17, 15) is 32.7 Å². The lowest BCUT2D eigenvalue weighted by Crippen LogP contribution is -2.55. The fourth-order valence-corrected chi connectivity index (χ4v) is 4.55. The maximum Gasteiger partial charge on any atom is 0.573 e. The highest BCUT2D eigenvalue weighted by molar-refractivity contribution is 5.88. The first-order chi connectivity index (χ1) is 22.6. The molecule has 4 aromatic rings. The van der Waals surface area contributed by atoms with Crippen LogP contribution in [0.15, 0.2) is 115 Å². The lowest BCUT2D eigenvalue weighted by molar-refractivity contribution is -0.274. The molecule has 0 aliphatic heterocycles. The fraction of sp³-hybridized carbons (Fsp3) is 0.229. The lowest BCUT2D eigenvalue weighted by atomic mass is 10.00. The van der Waals surface area contributed by atoms with Crippen LogP contribution in [-0.2, 0) is 45.1 Å². The second-order valence-corrected chi connectivity index (χ2v) is 10.5. The lowest BCUT2D eigenvalue weighted by Gasteiger charge is -2.25. The van der Waals surface area contributed by atoms with E-state index in [0.717, 1.165) is 17.7 Å². The number of aliphatic hydroxyl groups is 1. The van der Waals surface area contributed by atoms with E-state index >= 15 is 0 Å². The summed E-state index contributed by atoms with van der Waals surface area (Å²) < 4.78 is 52.5. The minimum absolute atomic E-state index is 0.0413. The van der Waals surface area contributed by atoms with Crippen molar-refractivity contribution >= 4 is 18.0 Å². The zero-order chi connectivity index (χ0) is 33.6. The number of hydrogen-bond donors (Lipinski definition) is 3. The van der Waals surface area contributed by atoms with Crippen molar-refractivity contribution in [1.29, 1.82) is 0 Å². The number of halogens is 3. The van der Waals surface area contributed by atoms with Crippen LogP contribution >= 0.6 is 0 Å². The Hall–Kier alpha value is -5.36. The number of ether oxygens (including phenoxy) is 3. The van der Waals surface area contributed by atoms with Crippen LogP contribution in [0.5, 0.6) is 5.75 Å². The Kier molecular flexibility index (Phi) is 12.3. The maximum absolute atomic E-state index is 13.4. The third kappa shape index (κ3) is 11.8. The van der Waals surface area contributed by atoms with Crippen molar-refractivity contribution in [3.63, 3.8) is 0 Å². The number of benzene rings is 4. The number of aliphatic hydroxyl groups excluding tert-OH is 1. The Labute approximate surface area is 269 Å². The molecule has 0 radical (unpaired) electrons. The molecule has 4 aromatic carbocycles. The van der Waals surface area contributed by atoms with E-state index < -0.39 is 48.3 Å². The van der Waals surface area contributed by atoms with E-state index in [1.165, 1.54) is 12.1 Å². The summed E-state index contributed by atoms with van der Waals surface area (Å²) >= 11 is 0. The van der Waals surface area contributed by atoms with Gasteiger partial charge in [0.25, 0.3) is 5.91 Å². The number of esters is 1. The number of amides is 2.